The lowest BCUT2D eigenvalue weighted by Gasteiger charge is -2.04. The van der Waals surface area contributed by atoms with Gasteiger partial charge in [0.15, 0.2) is 3.92 Å². The predicted molar refractivity (Wildman–Crippen MR) is 66.6 cm³/mol. The van der Waals surface area contributed by atoms with Gasteiger partial charge in [0.1, 0.15) is 10.8 Å². The van der Waals surface area contributed by atoms with Crippen LogP contribution in [0.2, 0.25) is 0 Å². The van der Waals surface area contributed by atoms with Crippen molar-refractivity contribution in [3.05, 3.63) is 22.4 Å². The second kappa shape index (κ2) is 5.36. The molecule has 16 heavy (non-hydrogen) atoms. The number of rotatable bonds is 4. The van der Waals surface area contributed by atoms with Crippen LogP contribution >= 0.6 is 27.3 Å². The standard InChI is InChI=1S/C10H10BrN3OS/c1-2-3-15-8-4-7(5-12-6-8)9-13-14-10(11)16-9/h4-6H,2-3H2,1H3. The number of aromatic nitrogens is 3. The highest BCUT2D eigenvalue weighted by atomic mass is 79.9. The first-order valence-corrected chi connectivity index (χ1v) is 6.47. The summed E-state index contributed by atoms with van der Waals surface area (Å²) in [4.78, 5) is 4.12. The summed E-state index contributed by atoms with van der Waals surface area (Å²) >= 11 is 4.76. The van der Waals surface area contributed by atoms with E-state index in [9.17, 15) is 0 Å². The molecule has 0 aromatic carbocycles. The van der Waals surface area contributed by atoms with Crippen molar-refractivity contribution < 1.29 is 4.74 Å². The first kappa shape index (κ1) is 11.5. The molecule has 84 valence electrons. The van der Waals surface area contributed by atoms with Gasteiger partial charge in [-0.1, -0.05) is 18.3 Å². The maximum absolute atomic E-state index is 5.51. The third-order valence-electron chi connectivity index (χ3n) is 1.83. The second-order valence-corrected chi connectivity index (χ2v) is 5.37. The van der Waals surface area contributed by atoms with Crippen molar-refractivity contribution in [1.29, 1.82) is 0 Å². The Balaban J connectivity index is 2.22. The van der Waals surface area contributed by atoms with Crippen LogP contribution in [0.5, 0.6) is 5.75 Å². The van der Waals surface area contributed by atoms with E-state index in [2.05, 4.69) is 38.0 Å². The van der Waals surface area contributed by atoms with Crippen molar-refractivity contribution in [2.45, 2.75) is 13.3 Å². The highest BCUT2D eigenvalue weighted by Crippen LogP contribution is 2.27. The Morgan fingerprint density at radius 2 is 2.25 bits per heavy atom. The zero-order valence-electron chi connectivity index (χ0n) is 8.68. The summed E-state index contributed by atoms with van der Waals surface area (Å²) < 4.78 is 6.27. The van der Waals surface area contributed by atoms with Gasteiger partial charge in [-0.05, 0) is 28.4 Å². The molecule has 4 nitrogen and oxygen atoms in total. The van der Waals surface area contributed by atoms with Crippen LogP contribution < -0.4 is 4.74 Å². The molecule has 0 aliphatic heterocycles. The largest absolute Gasteiger partial charge is 0.492 e. The minimum Gasteiger partial charge on any atom is -0.492 e. The minimum atomic E-state index is 0.699. The molecule has 2 aromatic rings. The van der Waals surface area contributed by atoms with E-state index in [4.69, 9.17) is 4.74 Å². The molecule has 0 saturated heterocycles. The molecule has 0 fully saturated rings. The van der Waals surface area contributed by atoms with E-state index < -0.39 is 0 Å². The molecule has 2 heterocycles. The topological polar surface area (TPSA) is 47.9 Å². The van der Waals surface area contributed by atoms with Gasteiger partial charge in [0.05, 0.1) is 12.8 Å². The van der Waals surface area contributed by atoms with Crippen LogP contribution in [-0.2, 0) is 0 Å². The Kier molecular flexibility index (Phi) is 3.84. The van der Waals surface area contributed by atoms with Gasteiger partial charge in [-0.2, -0.15) is 0 Å². The van der Waals surface area contributed by atoms with Crippen LogP contribution in [-0.4, -0.2) is 21.8 Å². The lowest BCUT2D eigenvalue weighted by Crippen LogP contribution is -1.95. The Bertz CT molecular complexity index is 475. The van der Waals surface area contributed by atoms with E-state index in [0.717, 1.165) is 26.7 Å². The van der Waals surface area contributed by atoms with Crippen molar-refractivity contribution in [2.75, 3.05) is 6.61 Å². The fourth-order valence-electron chi connectivity index (χ4n) is 1.16. The van der Waals surface area contributed by atoms with E-state index in [0.29, 0.717) is 6.61 Å². The molecule has 2 rings (SSSR count). The number of ether oxygens (including phenoxy) is 1. The van der Waals surface area contributed by atoms with E-state index in [1.54, 1.807) is 12.4 Å². The fraction of sp³-hybridized carbons (Fsp3) is 0.300. The number of hydrogen-bond donors (Lipinski definition) is 0. The molecule has 6 heteroatoms. The molecular formula is C10H10BrN3OS. The van der Waals surface area contributed by atoms with Gasteiger partial charge in [0, 0.05) is 11.8 Å². The molecule has 0 atom stereocenters. The van der Waals surface area contributed by atoms with Crippen molar-refractivity contribution >= 4 is 27.3 Å². The van der Waals surface area contributed by atoms with Crippen molar-refractivity contribution in [3.63, 3.8) is 0 Å². The highest BCUT2D eigenvalue weighted by Gasteiger charge is 2.06. The van der Waals surface area contributed by atoms with Gasteiger partial charge >= 0.3 is 0 Å². The monoisotopic (exact) mass is 299 g/mol. The molecule has 0 radical (unpaired) electrons. The van der Waals surface area contributed by atoms with Gasteiger partial charge in [0.2, 0.25) is 0 Å². The zero-order valence-corrected chi connectivity index (χ0v) is 11.1. The summed E-state index contributed by atoms with van der Waals surface area (Å²) in [5.74, 6) is 0.769. The maximum atomic E-state index is 5.51. The van der Waals surface area contributed by atoms with Gasteiger partial charge in [0.25, 0.3) is 0 Å². The van der Waals surface area contributed by atoms with Gasteiger partial charge < -0.3 is 4.74 Å². The molecule has 0 aliphatic rings. The number of hydrogen-bond acceptors (Lipinski definition) is 5. The van der Waals surface area contributed by atoms with Gasteiger partial charge in [-0.25, -0.2) is 0 Å². The number of pyridine rings is 1. The summed E-state index contributed by atoms with van der Waals surface area (Å²) in [6, 6.07) is 1.93. The lowest BCUT2D eigenvalue weighted by molar-refractivity contribution is 0.316. The van der Waals surface area contributed by atoms with Crippen molar-refractivity contribution in [1.82, 2.24) is 15.2 Å². The predicted octanol–water partition coefficient (Wildman–Crippen LogP) is 3.15. The zero-order chi connectivity index (χ0) is 11.4. The van der Waals surface area contributed by atoms with Crippen molar-refractivity contribution in [2.24, 2.45) is 0 Å². The Morgan fingerprint density at radius 3 is 2.94 bits per heavy atom. The molecule has 2 aromatic heterocycles. The van der Waals surface area contributed by atoms with Gasteiger partial charge in [-0.3, -0.25) is 4.98 Å². The minimum absolute atomic E-state index is 0.699. The third kappa shape index (κ3) is 2.76. The van der Waals surface area contributed by atoms with Crippen LogP contribution in [0.15, 0.2) is 22.4 Å². The molecule has 0 aliphatic carbocycles. The molecule has 0 spiro atoms. The van der Waals surface area contributed by atoms with E-state index in [1.165, 1.54) is 11.3 Å². The average Bonchev–Trinajstić information content (AvgIpc) is 2.74. The summed E-state index contributed by atoms with van der Waals surface area (Å²) in [5.41, 5.74) is 0.928. The van der Waals surface area contributed by atoms with Crippen LogP contribution in [0.4, 0.5) is 0 Å². The lowest BCUT2D eigenvalue weighted by atomic mass is 10.3. The Morgan fingerprint density at radius 1 is 1.38 bits per heavy atom. The quantitative estimate of drug-likeness (QED) is 0.870. The Hall–Kier alpha value is -1.01. The van der Waals surface area contributed by atoms with E-state index >= 15 is 0 Å². The first-order valence-electron chi connectivity index (χ1n) is 4.87. The maximum Gasteiger partial charge on any atom is 0.183 e. The van der Waals surface area contributed by atoms with Gasteiger partial charge in [-0.15, -0.1) is 10.2 Å². The second-order valence-electron chi connectivity index (χ2n) is 3.12. The number of nitrogens with zero attached hydrogens (tertiary/aromatic N) is 3. The smallest absolute Gasteiger partial charge is 0.183 e. The van der Waals surface area contributed by atoms with E-state index in [1.807, 2.05) is 6.07 Å². The van der Waals surface area contributed by atoms with Crippen LogP contribution in [0.1, 0.15) is 13.3 Å². The fourth-order valence-corrected chi connectivity index (χ4v) is 2.25. The SMILES string of the molecule is CCCOc1cncc(-c2nnc(Br)s2)c1. The molecule has 0 N–H and O–H groups in total. The first-order chi connectivity index (χ1) is 7.79. The third-order valence-corrected chi connectivity index (χ3v) is 3.24. The molecule has 0 unspecified atom stereocenters. The molecule has 0 saturated carbocycles. The average molecular weight is 300 g/mol. The van der Waals surface area contributed by atoms with Crippen LogP contribution in [0.3, 0.4) is 0 Å². The number of halogens is 1. The van der Waals surface area contributed by atoms with Crippen molar-refractivity contribution in [3.8, 4) is 16.3 Å². The summed E-state index contributed by atoms with van der Waals surface area (Å²) in [7, 11) is 0. The highest BCUT2D eigenvalue weighted by molar-refractivity contribution is 9.11. The summed E-state index contributed by atoms with van der Waals surface area (Å²) in [5, 5.41) is 8.77. The normalized spacial score (nSPS) is 10.4. The van der Waals surface area contributed by atoms with E-state index in [-0.39, 0.29) is 0 Å². The van der Waals surface area contributed by atoms with Crippen LogP contribution in [0.25, 0.3) is 10.6 Å². The molecular weight excluding hydrogens is 290 g/mol. The molecule has 0 bridgehead atoms. The summed E-state index contributed by atoms with van der Waals surface area (Å²) in [6.07, 6.45) is 4.44. The Labute approximate surface area is 106 Å². The van der Waals surface area contributed by atoms with Crippen LogP contribution in [0, 0.1) is 0 Å². The summed E-state index contributed by atoms with van der Waals surface area (Å²) in [6.45, 7) is 2.77. The molecule has 0 amide bonds.